The summed E-state index contributed by atoms with van der Waals surface area (Å²) in [6, 6.07) is 1.47. The van der Waals surface area contributed by atoms with Crippen LogP contribution in [0.5, 0.6) is 0 Å². The molecule has 1 fully saturated rings. The summed E-state index contributed by atoms with van der Waals surface area (Å²) in [5.74, 6) is 1.78. The molecule has 1 saturated carbocycles. The summed E-state index contributed by atoms with van der Waals surface area (Å²) in [4.78, 5) is 2.41. The summed E-state index contributed by atoms with van der Waals surface area (Å²) in [5.41, 5.74) is 0. The Kier molecular flexibility index (Phi) is 7.25. The van der Waals surface area contributed by atoms with Crippen LogP contribution in [0.15, 0.2) is 0 Å². The second kappa shape index (κ2) is 8.16. The smallest absolute Gasteiger partial charge is 0.0242 e. The van der Waals surface area contributed by atoms with Crippen LogP contribution in [0.1, 0.15) is 59.3 Å². The van der Waals surface area contributed by atoms with E-state index in [0.29, 0.717) is 6.04 Å². The molecule has 0 aromatic heterocycles. The second-order valence-corrected chi connectivity index (χ2v) is 6.47. The maximum atomic E-state index is 3.83. The summed E-state index contributed by atoms with van der Waals surface area (Å²) < 4.78 is 0. The Morgan fingerprint density at radius 3 is 2.06 bits per heavy atom. The van der Waals surface area contributed by atoms with Crippen molar-refractivity contribution in [1.29, 1.82) is 0 Å². The Hall–Kier alpha value is -0.0800. The van der Waals surface area contributed by atoms with E-state index < -0.39 is 0 Å². The van der Waals surface area contributed by atoms with Crippen LogP contribution in [0.4, 0.5) is 0 Å². The van der Waals surface area contributed by atoms with Crippen molar-refractivity contribution < 1.29 is 0 Å². The predicted octanol–water partition coefficient (Wildman–Crippen LogP) is 3.52. The SMILES string of the molecule is CCC(CC)C(CNC1CCC(C)CC1)N(C)C. The van der Waals surface area contributed by atoms with Crippen molar-refractivity contribution in [1.82, 2.24) is 10.2 Å². The van der Waals surface area contributed by atoms with Crippen molar-refractivity contribution >= 4 is 0 Å². The van der Waals surface area contributed by atoms with Gasteiger partial charge in [0.2, 0.25) is 0 Å². The van der Waals surface area contributed by atoms with Crippen molar-refractivity contribution in [3.8, 4) is 0 Å². The Morgan fingerprint density at radius 1 is 1.06 bits per heavy atom. The minimum Gasteiger partial charge on any atom is -0.312 e. The van der Waals surface area contributed by atoms with E-state index in [2.05, 4.69) is 45.1 Å². The van der Waals surface area contributed by atoms with E-state index in [-0.39, 0.29) is 0 Å². The van der Waals surface area contributed by atoms with E-state index >= 15 is 0 Å². The highest BCUT2D eigenvalue weighted by Crippen LogP contribution is 2.24. The van der Waals surface area contributed by atoms with Gasteiger partial charge in [0.05, 0.1) is 0 Å². The Morgan fingerprint density at radius 2 is 1.61 bits per heavy atom. The first-order chi connectivity index (χ1) is 8.58. The van der Waals surface area contributed by atoms with Crippen LogP contribution in [0.3, 0.4) is 0 Å². The first kappa shape index (κ1) is 16.0. The van der Waals surface area contributed by atoms with Crippen molar-refractivity contribution in [3.05, 3.63) is 0 Å². The van der Waals surface area contributed by atoms with Crippen LogP contribution in [0, 0.1) is 11.8 Å². The maximum absolute atomic E-state index is 3.83. The first-order valence-electron chi connectivity index (χ1n) is 7.98. The highest BCUT2D eigenvalue weighted by molar-refractivity contribution is 4.81. The molecule has 0 aromatic rings. The lowest BCUT2D eigenvalue weighted by Crippen LogP contribution is -2.46. The normalized spacial score (nSPS) is 26.8. The van der Waals surface area contributed by atoms with Crippen molar-refractivity contribution in [2.75, 3.05) is 20.6 Å². The van der Waals surface area contributed by atoms with Gasteiger partial charge in [-0.3, -0.25) is 0 Å². The zero-order valence-corrected chi connectivity index (χ0v) is 13.2. The highest BCUT2D eigenvalue weighted by atomic mass is 15.1. The molecule has 1 aliphatic rings. The Balaban J connectivity index is 2.37. The fraction of sp³-hybridized carbons (Fsp3) is 1.00. The maximum Gasteiger partial charge on any atom is 0.0242 e. The summed E-state index contributed by atoms with van der Waals surface area (Å²) in [6.07, 6.45) is 8.17. The fourth-order valence-corrected chi connectivity index (χ4v) is 3.36. The van der Waals surface area contributed by atoms with Gasteiger partial charge in [-0.25, -0.2) is 0 Å². The molecule has 108 valence electrons. The van der Waals surface area contributed by atoms with Crippen LogP contribution in [-0.4, -0.2) is 37.6 Å². The molecule has 2 nitrogen and oxygen atoms in total. The molecule has 1 unspecified atom stereocenters. The number of hydrogen-bond donors (Lipinski definition) is 1. The summed E-state index contributed by atoms with van der Waals surface area (Å²) in [7, 11) is 4.46. The lowest BCUT2D eigenvalue weighted by Gasteiger charge is -2.34. The van der Waals surface area contributed by atoms with Crippen molar-refractivity contribution in [3.63, 3.8) is 0 Å². The summed E-state index contributed by atoms with van der Waals surface area (Å²) in [5, 5.41) is 3.83. The lowest BCUT2D eigenvalue weighted by atomic mass is 9.87. The predicted molar refractivity (Wildman–Crippen MR) is 81.0 cm³/mol. The molecule has 0 aromatic carbocycles. The highest BCUT2D eigenvalue weighted by Gasteiger charge is 2.23. The van der Waals surface area contributed by atoms with E-state index in [1.54, 1.807) is 0 Å². The molecule has 0 heterocycles. The average molecular weight is 254 g/mol. The van der Waals surface area contributed by atoms with E-state index in [0.717, 1.165) is 17.9 Å². The van der Waals surface area contributed by atoms with Gasteiger partial charge < -0.3 is 10.2 Å². The topological polar surface area (TPSA) is 15.3 Å². The molecule has 1 atom stereocenters. The molecule has 0 spiro atoms. The van der Waals surface area contributed by atoms with Crippen LogP contribution < -0.4 is 5.32 Å². The van der Waals surface area contributed by atoms with Gasteiger partial charge in [-0.05, 0) is 51.6 Å². The first-order valence-corrected chi connectivity index (χ1v) is 7.98. The van der Waals surface area contributed by atoms with E-state index in [1.165, 1.54) is 45.1 Å². The molecule has 18 heavy (non-hydrogen) atoms. The zero-order valence-electron chi connectivity index (χ0n) is 13.2. The third-order valence-corrected chi connectivity index (χ3v) is 4.89. The van der Waals surface area contributed by atoms with E-state index in [9.17, 15) is 0 Å². The molecule has 0 amide bonds. The summed E-state index contributed by atoms with van der Waals surface area (Å²) >= 11 is 0. The number of likely N-dealkylation sites (N-methyl/N-ethyl adjacent to an activating group) is 1. The van der Waals surface area contributed by atoms with Crippen molar-refractivity contribution in [2.24, 2.45) is 11.8 Å². The number of nitrogens with zero attached hydrogens (tertiary/aromatic N) is 1. The molecular formula is C16H34N2. The van der Waals surface area contributed by atoms with E-state index in [4.69, 9.17) is 0 Å². The average Bonchev–Trinajstić information content (AvgIpc) is 2.36. The van der Waals surface area contributed by atoms with Crippen LogP contribution >= 0.6 is 0 Å². The molecule has 1 N–H and O–H groups in total. The quantitative estimate of drug-likeness (QED) is 0.748. The third kappa shape index (κ3) is 4.89. The molecule has 0 aliphatic heterocycles. The number of nitrogens with one attached hydrogen (secondary N) is 1. The van der Waals surface area contributed by atoms with Gasteiger partial charge in [-0.2, -0.15) is 0 Å². The van der Waals surface area contributed by atoms with Crippen LogP contribution in [0.25, 0.3) is 0 Å². The molecule has 1 aliphatic carbocycles. The number of rotatable bonds is 7. The molecule has 0 saturated heterocycles. The lowest BCUT2D eigenvalue weighted by molar-refractivity contribution is 0.181. The van der Waals surface area contributed by atoms with Gasteiger partial charge in [0.1, 0.15) is 0 Å². The molecular weight excluding hydrogens is 220 g/mol. The minimum atomic E-state index is 0.694. The van der Waals surface area contributed by atoms with Crippen LogP contribution in [0.2, 0.25) is 0 Å². The standard InChI is InChI=1S/C16H34N2/c1-6-14(7-2)16(18(4)5)12-17-15-10-8-13(3)9-11-15/h13-17H,6-12H2,1-5H3. The largest absolute Gasteiger partial charge is 0.312 e. The van der Waals surface area contributed by atoms with E-state index in [1.807, 2.05) is 0 Å². The third-order valence-electron chi connectivity index (χ3n) is 4.89. The monoisotopic (exact) mass is 254 g/mol. The Bertz CT molecular complexity index is 203. The van der Waals surface area contributed by atoms with Gasteiger partial charge in [0.25, 0.3) is 0 Å². The zero-order chi connectivity index (χ0) is 13.5. The van der Waals surface area contributed by atoms with Gasteiger partial charge in [0, 0.05) is 18.6 Å². The van der Waals surface area contributed by atoms with Gasteiger partial charge in [0.15, 0.2) is 0 Å². The molecule has 0 radical (unpaired) electrons. The minimum absolute atomic E-state index is 0.694. The molecule has 2 heteroatoms. The fourth-order valence-electron chi connectivity index (χ4n) is 3.36. The second-order valence-electron chi connectivity index (χ2n) is 6.47. The van der Waals surface area contributed by atoms with Gasteiger partial charge in [-0.15, -0.1) is 0 Å². The number of hydrogen-bond acceptors (Lipinski definition) is 2. The van der Waals surface area contributed by atoms with Gasteiger partial charge >= 0.3 is 0 Å². The summed E-state index contributed by atoms with van der Waals surface area (Å²) in [6.45, 7) is 8.21. The van der Waals surface area contributed by atoms with Gasteiger partial charge in [-0.1, -0.05) is 33.6 Å². The molecule has 0 bridgehead atoms. The molecule has 1 rings (SSSR count). The Labute approximate surface area is 115 Å². The van der Waals surface area contributed by atoms with Crippen molar-refractivity contribution in [2.45, 2.75) is 71.4 Å². The van der Waals surface area contributed by atoms with Crippen LogP contribution in [-0.2, 0) is 0 Å².